The number of amides is 1. The van der Waals surface area contributed by atoms with Gasteiger partial charge in [0, 0.05) is 25.4 Å². The summed E-state index contributed by atoms with van der Waals surface area (Å²) in [6.45, 7) is 0.446. The molecule has 1 N–H and O–H groups in total. The first-order chi connectivity index (χ1) is 9.78. The van der Waals surface area contributed by atoms with Gasteiger partial charge in [0.1, 0.15) is 0 Å². The van der Waals surface area contributed by atoms with Crippen molar-refractivity contribution in [3.05, 3.63) is 65.5 Å². The molecule has 4 nitrogen and oxygen atoms in total. The molecule has 0 aliphatic heterocycles. The van der Waals surface area contributed by atoms with E-state index < -0.39 is 0 Å². The molecule has 0 unspecified atom stereocenters. The number of benzene rings is 1. The molecule has 0 saturated heterocycles. The lowest BCUT2D eigenvalue weighted by molar-refractivity contribution is -0.121. The molecule has 0 bridgehead atoms. The Labute approximate surface area is 118 Å². The maximum Gasteiger partial charge on any atom is 0.220 e. The molecule has 1 aromatic carbocycles. The molecule has 100 valence electrons. The summed E-state index contributed by atoms with van der Waals surface area (Å²) >= 11 is 0. The van der Waals surface area contributed by atoms with Gasteiger partial charge in [-0.15, -0.1) is 0 Å². The standard InChI is InChI=1S/C16H15N3O/c17-10-14-3-1-4-15(9-14)12-19-16(20)7-6-13-5-2-8-18-11-13/h1-5,8-9,11H,6-7,12H2,(H,19,20). The molecule has 0 aliphatic carbocycles. The Morgan fingerprint density at radius 2 is 2.10 bits per heavy atom. The highest BCUT2D eigenvalue weighted by Gasteiger charge is 2.03. The Hall–Kier alpha value is -2.67. The summed E-state index contributed by atoms with van der Waals surface area (Å²) in [6, 6.07) is 13.1. The minimum absolute atomic E-state index is 0.00351. The van der Waals surface area contributed by atoms with Crippen molar-refractivity contribution < 1.29 is 4.79 Å². The van der Waals surface area contributed by atoms with E-state index >= 15 is 0 Å². The summed E-state index contributed by atoms with van der Waals surface area (Å²) in [7, 11) is 0. The van der Waals surface area contributed by atoms with Crippen molar-refractivity contribution in [3.63, 3.8) is 0 Å². The van der Waals surface area contributed by atoms with Crippen LogP contribution in [-0.2, 0) is 17.8 Å². The fourth-order valence-electron chi connectivity index (χ4n) is 1.84. The molecule has 1 heterocycles. The van der Waals surface area contributed by atoms with Crippen LogP contribution in [-0.4, -0.2) is 10.9 Å². The van der Waals surface area contributed by atoms with Crippen LogP contribution < -0.4 is 5.32 Å². The lowest BCUT2D eigenvalue weighted by atomic mass is 10.1. The third kappa shape index (κ3) is 4.21. The number of rotatable bonds is 5. The highest BCUT2D eigenvalue weighted by Crippen LogP contribution is 2.04. The zero-order chi connectivity index (χ0) is 14.2. The number of aromatic nitrogens is 1. The van der Waals surface area contributed by atoms with Crippen LogP contribution in [0.1, 0.15) is 23.1 Å². The zero-order valence-corrected chi connectivity index (χ0v) is 11.0. The van der Waals surface area contributed by atoms with Gasteiger partial charge >= 0.3 is 0 Å². The highest BCUT2D eigenvalue weighted by molar-refractivity contribution is 5.76. The predicted octanol–water partition coefficient (Wildman–Crippen LogP) is 2.20. The number of hydrogen-bond acceptors (Lipinski definition) is 3. The number of nitrogens with zero attached hydrogens (tertiary/aromatic N) is 2. The Kier molecular flexibility index (Phi) is 4.85. The first kappa shape index (κ1) is 13.8. The number of nitrogens with one attached hydrogen (secondary N) is 1. The lowest BCUT2D eigenvalue weighted by Gasteiger charge is -2.05. The summed E-state index contributed by atoms with van der Waals surface area (Å²) in [5.74, 6) is -0.00351. The third-order valence-electron chi connectivity index (χ3n) is 2.91. The average molecular weight is 265 g/mol. The van der Waals surface area contributed by atoms with E-state index in [1.807, 2.05) is 24.3 Å². The van der Waals surface area contributed by atoms with Gasteiger partial charge in [-0.05, 0) is 35.7 Å². The van der Waals surface area contributed by atoms with Crippen molar-refractivity contribution >= 4 is 5.91 Å². The lowest BCUT2D eigenvalue weighted by Crippen LogP contribution is -2.23. The highest BCUT2D eigenvalue weighted by atomic mass is 16.1. The summed E-state index contributed by atoms with van der Waals surface area (Å²) in [4.78, 5) is 15.8. The first-order valence-corrected chi connectivity index (χ1v) is 6.42. The molecule has 0 fully saturated rings. The van der Waals surface area contributed by atoms with Crippen molar-refractivity contribution in [2.24, 2.45) is 0 Å². The smallest absolute Gasteiger partial charge is 0.220 e. The summed E-state index contributed by atoms with van der Waals surface area (Å²) in [6.07, 6.45) is 4.59. The van der Waals surface area contributed by atoms with E-state index in [2.05, 4.69) is 16.4 Å². The molecular formula is C16H15N3O. The second-order valence-electron chi connectivity index (χ2n) is 4.45. The quantitative estimate of drug-likeness (QED) is 0.901. The fourth-order valence-corrected chi connectivity index (χ4v) is 1.84. The Morgan fingerprint density at radius 3 is 2.85 bits per heavy atom. The number of carbonyl (C=O) groups excluding carboxylic acids is 1. The molecule has 0 radical (unpaired) electrons. The van der Waals surface area contributed by atoms with E-state index in [0.29, 0.717) is 24.9 Å². The molecule has 2 aromatic rings. The molecule has 20 heavy (non-hydrogen) atoms. The van der Waals surface area contributed by atoms with Gasteiger partial charge in [0.15, 0.2) is 0 Å². The van der Waals surface area contributed by atoms with Crippen molar-refractivity contribution in [2.45, 2.75) is 19.4 Å². The second kappa shape index (κ2) is 7.05. The number of hydrogen-bond donors (Lipinski definition) is 1. The van der Waals surface area contributed by atoms with Gasteiger partial charge in [-0.3, -0.25) is 9.78 Å². The monoisotopic (exact) mass is 265 g/mol. The fraction of sp³-hybridized carbons (Fsp3) is 0.188. The molecule has 4 heteroatoms. The van der Waals surface area contributed by atoms with Crippen LogP contribution >= 0.6 is 0 Å². The molecule has 1 aromatic heterocycles. The second-order valence-corrected chi connectivity index (χ2v) is 4.45. The molecule has 0 saturated carbocycles. The van der Waals surface area contributed by atoms with Crippen molar-refractivity contribution in [1.29, 1.82) is 5.26 Å². The van der Waals surface area contributed by atoms with Gasteiger partial charge in [-0.1, -0.05) is 18.2 Å². The van der Waals surface area contributed by atoms with Crippen LogP contribution in [0.4, 0.5) is 0 Å². The summed E-state index contributed by atoms with van der Waals surface area (Å²) < 4.78 is 0. The van der Waals surface area contributed by atoms with Gasteiger partial charge in [0.05, 0.1) is 11.6 Å². The Balaban J connectivity index is 1.79. The zero-order valence-electron chi connectivity index (χ0n) is 11.0. The Bertz CT molecular complexity index is 617. The number of nitriles is 1. The van der Waals surface area contributed by atoms with Crippen molar-refractivity contribution in [3.8, 4) is 6.07 Å². The van der Waals surface area contributed by atoms with Gasteiger partial charge in [0.25, 0.3) is 0 Å². The summed E-state index contributed by atoms with van der Waals surface area (Å²) in [5, 5.41) is 11.7. The number of aryl methyl sites for hydroxylation is 1. The topological polar surface area (TPSA) is 65.8 Å². The van der Waals surface area contributed by atoms with Crippen molar-refractivity contribution in [2.75, 3.05) is 0 Å². The third-order valence-corrected chi connectivity index (χ3v) is 2.91. The minimum Gasteiger partial charge on any atom is -0.352 e. The SMILES string of the molecule is N#Cc1cccc(CNC(=O)CCc2cccnc2)c1. The van der Waals surface area contributed by atoms with Gasteiger partial charge in [-0.2, -0.15) is 5.26 Å². The molecule has 2 rings (SSSR count). The van der Waals surface area contributed by atoms with Crippen molar-refractivity contribution in [1.82, 2.24) is 10.3 Å². The minimum atomic E-state index is -0.00351. The van der Waals surface area contributed by atoms with Gasteiger partial charge < -0.3 is 5.32 Å². The van der Waals surface area contributed by atoms with Crippen LogP contribution in [0.5, 0.6) is 0 Å². The van der Waals surface area contributed by atoms with E-state index in [9.17, 15) is 4.79 Å². The van der Waals surface area contributed by atoms with E-state index in [0.717, 1.165) is 11.1 Å². The summed E-state index contributed by atoms with van der Waals surface area (Å²) in [5.41, 5.74) is 2.58. The van der Waals surface area contributed by atoms with E-state index in [1.165, 1.54) is 0 Å². The van der Waals surface area contributed by atoms with Crippen LogP contribution in [0.25, 0.3) is 0 Å². The molecule has 0 aliphatic rings. The number of pyridine rings is 1. The van der Waals surface area contributed by atoms with Crippen LogP contribution in [0.3, 0.4) is 0 Å². The van der Waals surface area contributed by atoms with Crippen LogP contribution in [0.15, 0.2) is 48.8 Å². The Morgan fingerprint density at radius 1 is 1.25 bits per heavy atom. The molecular weight excluding hydrogens is 250 g/mol. The molecule has 1 amide bonds. The normalized spacial score (nSPS) is 9.75. The maximum absolute atomic E-state index is 11.7. The number of carbonyl (C=O) groups is 1. The molecule has 0 spiro atoms. The van der Waals surface area contributed by atoms with E-state index in [-0.39, 0.29) is 5.91 Å². The average Bonchev–Trinajstić information content (AvgIpc) is 2.52. The largest absolute Gasteiger partial charge is 0.352 e. The first-order valence-electron chi connectivity index (χ1n) is 6.42. The van der Waals surface area contributed by atoms with Gasteiger partial charge in [0.2, 0.25) is 5.91 Å². The van der Waals surface area contributed by atoms with E-state index in [1.54, 1.807) is 24.5 Å². The maximum atomic E-state index is 11.7. The van der Waals surface area contributed by atoms with Crippen LogP contribution in [0, 0.1) is 11.3 Å². The molecule has 0 atom stereocenters. The van der Waals surface area contributed by atoms with Gasteiger partial charge in [-0.25, -0.2) is 0 Å². The van der Waals surface area contributed by atoms with Crippen LogP contribution in [0.2, 0.25) is 0 Å². The predicted molar refractivity (Wildman–Crippen MR) is 75.6 cm³/mol. The van der Waals surface area contributed by atoms with E-state index in [4.69, 9.17) is 5.26 Å².